The van der Waals surface area contributed by atoms with Gasteiger partial charge in [0.15, 0.2) is 5.96 Å². The molecule has 0 amide bonds. The maximum atomic E-state index is 11.2. The molecule has 1 fully saturated rings. The number of hydrogen-bond acceptors (Lipinski definition) is 4. The van der Waals surface area contributed by atoms with Crippen LogP contribution in [0.1, 0.15) is 31.2 Å². The Balaban J connectivity index is 0.00000312. The Bertz CT molecular complexity index is 563. The summed E-state index contributed by atoms with van der Waals surface area (Å²) in [4.78, 5) is 18.0. The molecular weight excluding hydrogens is 433 g/mol. The summed E-state index contributed by atoms with van der Waals surface area (Å²) in [5, 5.41) is 3.31. The summed E-state index contributed by atoms with van der Waals surface area (Å²) in [6.07, 6.45) is 1.40. The van der Waals surface area contributed by atoms with Crippen LogP contribution in [0.4, 0.5) is 0 Å². The maximum Gasteiger partial charge on any atom is 0.307 e. The Morgan fingerprint density at radius 1 is 1.32 bits per heavy atom. The largest absolute Gasteiger partial charge is 0.497 e. The molecule has 140 valence electrons. The third kappa shape index (κ3) is 6.37. The number of benzene rings is 1. The highest BCUT2D eigenvalue weighted by molar-refractivity contribution is 14.0. The molecule has 1 aromatic rings. The number of hydrogen-bond donors (Lipinski definition) is 1. The smallest absolute Gasteiger partial charge is 0.307 e. The molecule has 1 aliphatic rings. The third-order valence-electron chi connectivity index (χ3n) is 4.22. The first kappa shape index (κ1) is 21.5. The van der Waals surface area contributed by atoms with Crippen LogP contribution in [0.3, 0.4) is 0 Å². The minimum absolute atomic E-state index is 0. The summed E-state index contributed by atoms with van der Waals surface area (Å²) >= 11 is 0. The van der Waals surface area contributed by atoms with Crippen molar-refractivity contribution >= 4 is 35.9 Å². The molecule has 0 radical (unpaired) electrons. The molecule has 2 rings (SSSR count). The summed E-state index contributed by atoms with van der Waals surface area (Å²) < 4.78 is 9.88. The van der Waals surface area contributed by atoms with Crippen molar-refractivity contribution in [3.05, 3.63) is 29.8 Å². The normalized spacial score (nSPS) is 17.0. The van der Waals surface area contributed by atoms with E-state index in [1.54, 1.807) is 7.11 Å². The van der Waals surface area contributed by atoms with Crippen LogP contribution in [0.5, 0.6) is 5.75 Å². The van der Waals surface area contributed by atoms with Crippen LogP contribution in [-0.2, 0) is 9.53 Å². The fraction of sp³-hybridized carbons (Fsp3) is 0.556. The molecule has 1 aromatic carbocycles. The quantitative estimate of drug-likeness (QED) is 0.306. The van der Waals surface area contributed by atoms with Gasteiger partial charge in [-0.1, -0.05) is 12.1 Å². The van der Waals surface area contributed by atoms with Gasteiger partial charge in [-0.2, -0.15) is 0 Å². The summed E-state index contributed by atoms with van der Waals surface area (Å²) in [6, 6.07) is 8.28. The molecule has 6 nitrogen and oxygen atoms in total. The van der Waals surface area contributed by atoms with Crippen LogP contribution in [-0.4, -0.2) is 57.2 Å². The minimum Gasteiger partial charge on any atom is -0.497 e. The third-order valence-corrected chi connectivity index (χ3v) is 4.22. The number of nitrogens with zero attached hydrogens (tertiary/aromatic N) is 2. The van der Waals surface area contributed by atoms with Gasteiger partial charge in [-0.05, 0) is 31.0 Å². The van der Waals surface area contributed by atoms with E-state index in [0.717, 1.165) is 37.8 Å². The zero-order chi connectivity index (χ0) is 17.4. The van der Waals surface area contributed by atoms with E-state index in [1.165, 1.54) is 12.7 Å². The van der Waals surface area contributed by atoms with Gasteiger partial charge < -0.3 is 19.7 Å². The van der Waals surface area contributed by atoms with Crippen LogP contribution < -0.4 is 10.1 Å². The Kier molecular flexibility index (Phi) is 9.62. The second-order valence-corrected chi connectivity index (χ2v) is 5.77. The van der Waals surface area contributed by atoms with Crippen molar-refractivity contribution in [2.75, 3.05) is 40.4 Å². The number of carbonyl (C=O) groups is 1. The molecule has 1 aliphatic heterocycles. The Hall–Kier alpha value is -1.51. The van der Waals surface area contributed by atoms with Crippen molar-refractivity contribution in [3.8, 4) is 5.75 Å². The van der Waals surface area contributed by atoms with E-state index in [9.17, 15) is 4.79 Å². The van der Waals surface area contributed by atoms with E-state index < -0.39 is 0 Å². The van der Waals surface area contributed by atoms with Crippen molar-refractivity contribution in [1.82, 2.24) is 10.2 Å². The van der Waals surface area contributed by atoms with Crippen LogP contribution in [0.2, 0.25) is 0 Å². The standard InChI is InChI=1S/C18H27N3O3.HI/c1-4-19-18(20-11-9-17(22)24-3)21-12-10-15(13-21)14-5-7-16(23-2)8-6-14;/h5-8,15H,4,9-13H2,1-3H3,(H,19,20);1H. The number of aliphatic imine (C=N–C) groups is 1. The number of guanidine groups is 1. The second kappa shape index (κ2) is 11.2. The van der Waals surface area contributed by atoms with Crippen LogP contribution in [0.15, 0.2) is 29.3 Å². The molecule has 0 saturated carbocycles. The van der Waals surface area contributed by atoms with Crippen LogP contribution >= 0.6 is 24.0 Å². The molecule has 1 N–H and O–H groups in total. The predicted octanol–water partition coefficient (Wildman–Crippen LogP) is 2.63. The molecule has 1 heterocycles. The van der Waals surface area contributed by atoms with Crippen LogP contribution in [0.25, 0.3) is 0 Å². The number of nitrogens with one attached hydrogen (secondary N) is 1. The Morgan fingerprint density at radius 2 is 2.04 bits per heavy atom. The lowest BCUT2D eigenvalue weighted by atomic mass is 9.98. The monoisotopic (exact) mass is 461 g/mol. The molecule has 1 saturated heterocycles. The minimum atomic E-state index is -0.230. The van der Waals surface area contributed by atoms with E-state index in [-0.39, 0.29) is 29.9 Å². The van der Waals surface area contributed by atoms with Crippen molar-refractivity contribution in [2.45, 2.75) is 25.7 Å². The lowest BCUT2D eigenvalue weighted by Crippen LogP contribution is -2.40. The number of ether oxygens (including phenoxy) is 2. The lowest BCUT2D eigenvalue weighted by molar-refractivity contribution is -0.140. The van der Waals surface area contributed by atoms with Gasteiger partial charge in [-0.15, -0.1) is 24.0 Å². The summed E-state index contributed by atoms with van der Waals surface area (Å²) in [5.41, 5.74) is 1.32. The van der Waals surface area contributed by atoms with E-state index in [4.69, 9.17) is 4.74 Å². The fourth-order valence-electron chi connectivity index (χ4n) is 2.88. The molecule has 7 heteroatoms. The predicted molar refractivity (Wildman–Crippen MR) is 110 cm³/mol. The summed E-state index contributed by atoms with van der Waals surface area (Å²) in [7, 11) is 3.08. The van der Waals surface area contributed by atoms with Gasteiger partial charge >= 0.3 is 5.97 Å². The molecule has 1 atom stereocenters. The molecular formula is C18H28IN3O3. The highest BCUT2D eigenvalue weighted by Crippen LogP contribution is 2.28. The zero-order valence-corrected chi connectivity index (χ0v) is 17.5. The van der Waals surface area contributed by atoms with Crippen molar-refractivity contribution in [3.63, 3.8) is 0 Å². The number of rotatable bonds is 6. The fourth-order valence-corrected chi connectivity index (χ4v) is 2.88. The van der Waals surface area contributed by atoms with Gasteiger partial charge in [0.05, 0.1) is 27.2 Å². The van der Waals surface area contributed by atoms with Crippen molar-refractivity contribution in [1.29, 1.82) is 0 Å². The van der Waals surface area contributed by atoms with E-state index in [1.807, 2.05) is 19.1 Å². The number of carbonyl (C=O) groups excluding carboxylic acids is 1. The average molecular weight is 461 g/mol. The molecule has 0 spiro atoms. The number of methoxy groups -OCH3 is 2. The molecule has 25 heavy (non-hydrogen) atoms. The molecule has 0 aliphatic carbocycles. The van der Waals surface area contributed by atoms with Crippen molar-refractivity contribution < 1.29 is 14.3 Å². The first-order valence-corrected chi connectivity index (χ1v) is 8.42. The molecule has 0 aromatic heterocycles. The molecule has 0 bridgehead atoms. The van der Waals surface area contributed by atoms with Gasteiger partial charge in [-0.3, -0.25) is 9.79 Å². The topological polar surface area (TPSA) is 63.2 Å². The number of esters is 1. The van der Waals surface area contributed by atoms with Gasteiger partial charge in [0.2, 0.25) is 0 Å². The van der Waals surface area contributed by atoms with Gasteiger partial charge in [0, 0.05) is 25.6 Å². The van der Waals surface area contributed by atoms with E-state index in [0.29, 0.717) is 18.9 Å². The highest BCUT2D eigenvalue weighted by Gasteiger charge is 2.26. The Morgan fingerprint density at radius 3 is 2.64 bits per heavy atom. The van der Waals surface area contributed by atoms with Gasteiger partial charge in [-0.25, -0.2) is 0 Å². The Labute approximate surface area is 167 Å². The SMILES string of the molecule is CCNC(=NCCC(=O)OC)N1CCC(c2ccc(OC)cc2)C1.I. The van der Waals surface area contributed by atoms with E-state index in [2.05, 4.69) is 32.1 Å². The van der Waals surface area contributed by atoms with Gasteiger partial charge in [0.1, 0.15) is 5.75 Å². The average Bonchev–Trinajstić information content (AvgIpc) is 3.10. The molecule has 1 unspecified atom stereocenters. The van der Waals surface area contributed by atoms with Crippen LogP contribution in [0, 0.1) is 0 Å². The first-order valence-electron chi connectivity index (χ1n) is 8.42. The van der Waals surface area contributed by atoms with Crippen molar-refractivity contribution in [2.24, 2.45) is 4.99 Å². The highest BCUT2D eigenvalue weighted by atomic mass is 127. The second-order valence-electron chi connectivity index (χ2n) is 5.77. The first-order chi connectivity index (χ1) is 11.7. The number of likely N-dealkylation sites (tertiary alicyclic amines) is 1. The maximum absolute atomic E-state index is 11.2. The van der Waals surface area contributed by atoms with E-state index >= 15 is 0 Å². The lowest BCUT2D eigenvalue weighted by Gasteiger charge is -2.21. The van der Waals surface area contributed by atoms with Gasteiger partial charge in [0.25, 0.3) is 0 Å². The summed E-state index contributed by atoms with van der Waals surface area (Å²) in [6.45, 7) is 5.18. The summed E-state index contributed by atoms with van der Waals surface area (Å²) in [5.74, 6) is 2.01. The number of halogens is 1. The zero-order valence-electron chi connectivity index (χ0n) is 15.2.